The van der Waals surface area contributed by atoms with Gasteiger partial charge in [-0.15, -0.1) is 21.9 Å². The van der Waals surface area contributed by atoms with Crippen molar-refractivity contribution in [1.82, 2.24) is 0 Å². The molecule has 0 amide bonds. The van der Waals surface area contributed by atoms with E-state index in [2.05, 4.69) is 96.1 Å². The van der Waals surface area contributed by atoms with E-state index in [0.717, 1.165) is 0 Å². The molecule has 7 aromatic carbocycles. The maximum atomic E-state index is 15.4. The Kier molecular flexibility index (Phi) is 14.7. The van der Waals surface area contributed by atoms with Crippen LogP contribution >= 0.6 is 7.92 Å². The van der Waals surface area contributed by atoms with E-state index in [4.69, 9.17) is 0 Å². The average Bonchev–Trinajstić information content (AvgIpc) is 3.28. The highest BCUT2D eigenvalue weighted by Gasteiger charge is 2.52. The van der Waals surface area contributed by atoms with Crippen molar-refractivity contribution in [3.05, 3.63) is 204 Å². The fraction of sp³-hybridized carbons (Fsp3) is 0.125. The predicted octanol–water partition coefficient (Wildman–Crippen LogP) is 10.9. The van der Waals surface area contributed by atoms with Crippen LogP contribution < -0.4 is 37.8 Å². The molecule has 7 rings (SSSR count). The van der Waals surface area contributed by atoms with Crippen LogP contribution in [0.2, 0.25) is 0 Å². The third kappa shape index (κ3) is 8.67. The summed E-state index contributed by atoms with van der Waals surface area (Å²) in [6.07, 6.45) is -7.22. The summed E-state index contributed by atoms with van der Waals surface area (Å²) in [5.41, 5.74) is -6.21. The molecule has 0 aliphatic heterocycles. The Morgan fingerprint density at radius 2 is 0.343 bits per heavy atom. The van der Waals surface area contributed by atoms with E-state index in [-0.39, 0.29) is 0 Å². The normalized spacial score (nSPS) is 11.7. The number of halogens is 20. The summed E-state index contributed by atoms with van der Waals surface area (Å²) >= 11 is 0. The van der Waals surface area contributed by atoms with Crippen molar-refractivity contribution in [2.45, 2.75) is 41.5 Å². The Hall–Kier alpha value is -6.37. The van der Waals surface area contributed by atoms with E-state index < -0.39 is 152 Å². The summed E-state index contributed by atoms with van der Waals surface area (Å²) in [6, 6.07) is 21.1. The third-order valence-electron chi connectivity index (χ3n) is 11.2. The fourth-order valence-electron chi connectivity index (χ4n) is 8.73. The van der Waals surface area contributed by atoms with Gasteiger partial charge in [-0.05, 0) is 111 Å². The van der Waals surface area contributed by atoms with Crippen LogP contribution in [0.15, 0.2) is 54.6 Å². The number of benzene rings is 7. The maximum Gasteiger partial charge on any atom is 0.200 e. The van der Waals surface area contributed by atoms with Gasteiger partial charge in [-0.25, -0.2) is 87.8 Å². The lowest BCUT2D eigenvalue weighted by molar-refractivity contribution is 0.378. The lowest BCUT2D eigenvalue weighted by Crippen LogP contribution is -2.81. The van der Waals surface area contributed by atoms with Gasteiger partial charge in [0.15, 0.2) is 69.8 Å². The summed E-state index contributed by atoms with van der Waals surface area (Å²) in [4.78, 5) is 0. The maximum absolute atomic E-state index is 15.4. The zero-order valence-electron chi connectivity index (χ0n) is 36.3. The molecule has 0 fully saturated rings. The molecule has 0 nitrogen and oxygen atoms in total. The number of aryl methyl sites for hydroxylation is 6. The Balaban J connectivity index is 0.000000270. The number of rotatable bonds is 7. The Labute approximate surface area is 384 Å². The van der Waals surface area contributed by atoms with Crippen LogP contribution in [-0.2, 0) is 0 Å². The van der Waals surface area contributed by atoms with Crippen molar-refractivity contribution in [2.75, 3.05) is 0 Å². The van der Waals surface area contributed by atoms with E-state index >= 15 is 35.1 Å². The summed E-state index contributed by atoms with van der Waals surface area (Å²) in [5, 5.41) is 4.45. The Morgan fingerprint density at radius 1 is 0.214 bits per heavy atom. The molecule has 0 atom stereocenters. The molecule has 0 heterocycles. The first kappa shape index (κ1) is 53.0. The standard InChI is InChI=1S/C24BF20.C24H27P/c26-5-1(6(27)14(35)21(42)13(5)34)25(2-7(28)15(36)22(43)16(37)8(2)29,3-9(30)17(38)23(44)18(39)10(3)31)4-11(32)19(40)24(45)20(41)12(4)33;1-16-7-17(2)11-22(10-16)25(23-12-18(3)8-19(4)13-23)24-14-20(5)9-21(6)15-24/h;7-15H,1-6H3/q-1;/p+1. The summed E-state index contributed by atoms with van der Waals surface area (Å²) in [5.74, 6) is -71.4. The van der Waals surface area contributed by atoms with Crippen molar-refractivity contribution in [2.24, 2.45) is 0 Å². The van der Waals surface area contributed by atoms with Gasteiger partial charge in [-0.2, -0.15) is 0 Å². The Bertz CT molecular complexity index is 2730. The molecule has 0 N–H and O–H groups in total. The zero-order chi connectivity index (χ0) is 52.5. The van der Waals surface area contributed by atoms with E-state index in [1.54, 1.807) is 0 Å². The molecule has 22 heteroatoms. The highest BCUT2D eigenvalue weighted by atomic mass is 31.1. The fourth-order valence-corrected chi connectivity index (χ4v) is 12.0. The largest absolute Gasteiger partial charge is 0.207 e. The third-order valence-corrected chi connectivity index (χ3v) is 13.8. The molecule has 70 heavy (non-hydrogen) atoms. The van der Waals surface area contributed by atoms with E-state index in [0.29, 0.717) is 0 Å². The SMILES string of the molecule is Cc1cc(C)cc([PH+](c2cc(C)cc(C)c2)c2cc(C)cc(C)c2)c1.Fc1c(F)c(F)c([B-](c2c(F)c(F)c(F)c(F)c2F)(c2c(F)c(F)c(F)c(F)c2F)c2c(F)c(F)c(F)c(F)c2F)c(F)c1F. The second-order valence-electron chi connectivity index (χ2n) is 16.3. The minimum absolute atomic E-state index is 1.01. The van der Waals surface area contributed by atoms with Crippen molar-refractivity contribution in [3.8, 4) is 0 Å². The van der Waals surface area contributed by atoms with Crippen LogP contribution in [0.25, 0.3) is 0 Å². The second-order valence-corrected chi connectivity index (χ2v) is 18.8. The minimum Gasteiger partial charge on any atom is -0.207 e. The van der Waals surface area contributed by atoms with E-state index in [1.165, 1.54) is 49.3 Å². The molecule has 0 aliphatic rings. The molecule has 0 aliphatic carbocycles. The van der Waals surface area contributed by atoms with Crippen molar-refractivity contribution < 1.29 is 87.8 Å². The van der Waals surface area contributed by atoms with Crippen LogP contribution in [0.3, 0.4) is 0 Å². The molecule has 0 radical (unpaired) electrons. The highest BCUT2D eigenvalue weighted by molar-refractivity contribution is 7.79. The van der Waals surface area contributed by atoms with E-state index in [9.17, 15) is 52.7 Å². The first-order chi connectivity index (χ1) is 32.5. The van der Waals surface area contributed by atoms with Gasteiger partial charge >= 0.3 is 0 Å². The van der Waals surface area contributed by atoms with Crippen LogP contribution in [0.5, 0.6) is 0 Å². The van der Waals surface area contributed by atoms with Crippen molar-refractivity contribution in [3.63, 3.8) is 0 Å². The smallest absolute Gasteiger partial charge is 0.200 e. The highest BCUT2D eigenvalue weighted by Crippen LogP contribution is 2.36. The number of hydrogen-bond donors (Lipinski definition) is 0. The second kappa shape index (κ2) is 19.4. The molecule has 0 spiro atoms. The molecule has 0 unspecified atom stereocenters. The molecule has 0 bridgehead atoms. The van der Waals surface area contributed by atoms with Crippen LogP contribution in [0, 0.1) is 158 Å². The molecule has 0 saturated heterocycles. The van der Waals surface area contributed by atoms with Gasteiger partial charge in [-0.3, -0.25) is 0 Å². The molecule has 7 aromatic rings. The lowest BCUT2D eigenvalue weighted by atomic mass is 9.12. The predicted molar refractivity (Wildman–Crippen MR) is 224 cm³/mol. The summed E-state index contributed by atoms with van der Waals surface area (Å²) in [7, 11) is -1.01. The van der Waals surface area contributed by atoms with Gasteiger partial charge in [0.25, 0.3) is 0 Å². The van der Waals surface area contributed by atoms with Crippen LogP contribution in [0.1, 0.15) is 33.4 Å². The lowest BCUT2D eigenvalue weighted by Gasteiger charge is -2.44. The quantitative estimate of drug-likeness (QED) is 0.0491. The van der Waals surface area contributed by atoms with Gasteiger partial charge in [0.05, 0.1) is 7.92 Å². The molecule has 368 valence electrons. The van der Waals surface area contributed by atoms with Crippen LogP contribution in [0.4, 0.5) is 87.8 Å². The van der Waals surface area contributed by atoms with E-state index in [1.807, 2.05) is 0 Å². The first-order valence-electron chi connectivity index (χ1n) is 19.9. The van der Waals surface area contributed by atoms with Crippen molar-refractivity contribution in [1.29, 1.82) is 0 Å². The van der Waals surface area contributed by atoms with Crippen LogP contribution in [-0.4, -0.2) is 6.15 Å². The van der Waals surface area contributed by atoms with Gasteiger partial charge in [-0.1, -0.05) is 18.2 Å². The molecule has 0 saturated carbocycles. The monoisotopic (exact) mass is 1030 g/mol. The molecular weight excluding hydrogens is 998 g/mol. The molecule has 0 aromatic heterocycles. The van der Waals surface area contributed by atoms with Gasteiger partial charge in [0.1, 0.15) is 68.6 Å². The zero-order valence-corrected chi connectivity index (χ0v) is 37.3. The minimum atomic E-state index is -7.22. The first-order valence-corrected chi connectivity index (χ1v) is 21.4. The van der Waals surface area contributed by atoms with Gasteiger partial charge in [0, 0.05) is 0 Å². The Morgan fingerprint density at radius 3 is 0.486 bits per heavy atom. The summed E-state index contributed by atoms with van der Waals surface area (Å²) in [6.45, 7) is 13.2. The number of hydrogen-bond acceptors (Lipinski definition) is 0. The topological polar surface area (TPSA) is 0 Å². The van der Waals surface area contributed by atoms with Crippen molar-refractivity contribution >= 4 is 51.8 Å². The average molecular weight is 1030 g/mol. The molecular formula is C48H28BF20P. The summed E-state index contributed by atoms with van der Waals surface area (Å²) < 4.78 is 294. The van der Waals surface area contributed by atoms with Gasteiger partial charge in [0.2, 0.25) is 0 Å². The van der Waals surface area contributed by atoms with Gasteiger partial charge < -0.3 is 0 Å².